The molecule has 0 unspecified atom stereocenters. The van der Waals surface area contributed by atoms with Gasteiger partial charge < -0.3 is 19.6 Å². The normalized spacial score (nSPS) is 18.6. The Morgan fingerprint density at radius 2 is 2.26 bits per heavy atom. The zero-order valence-corrected chi connectivity index (χ0v) is 11.9. The van der Waals surface area contributed by atoms with Gasteiger partial charge in [0.25, 0.3) is 0 Å². The van der Waals surface area contributed by atoms with Crippen LogP contribution in [0.2, 0.25) is 0 Å². The summed E-state index contributed by atoms with van der Waals surface area (Å²) >= 11 is 3.37. The van der Waals surface area contributed by atoms with Crippen molar-refractivity contribution in [2.45, 2.75) is 18.4 Å². The molecule has 2 aromatic rings. The van der Waals surface area contributed by atoms with E-state index in [4.69, 9.17) is 4.74 Å². The van der Waals surface area contributed by atoms with Crippen molar-refractivity contribution in [3.05, 3.63) is 23.2 Å². The van der Waals surface area contributed by atoms with Crippen LogP contribution < -0.4 is 5.32 Å². The molecular weight excluding hydrogens is 312 g/mol. The van der Waals surface area contributed by atoms with Crippen molar-refractivity contribution in [3.8, 4) is 0 Å². The van der Waals surface area contributed by atoms with E-state index in [0.717, 1.165) is 10.3 Å². The Kier molecular flexibility index (Phi) is 3.42. The Bertz CT molecular complexity index is 580. The third-order valence-corrected chi connectivity index (χ3v) is 3.74. The molecule has 2 N–H and O–H groups in total. The first kappa shape index (κ1) is 12.8. The van der Waals surface area contributed by atoms with E-state index < -0.39 is 5.60 Å². The predicted molar refractivity (Wildman–Crippen MR) is 74.2 cm³/mol. The van der Waals surface area contributed by atoms with Gasteiger partial charge in [0.1, 0.15) is 4.60 Å². The van der Waals surface area contributed by atoms with Gasteiger partial charge in [0.05, 0.1) is 5.60 Å². The first-order valence-electron chi connectivity index (χ1n) is 6.20. The van der Waals surface area contributed by atoms with E-state index in [1.807, 2.05) is 16.8 Å². The Morgan fingerprint density at radius 3 is 3.05 bits per heavy atom. The SMILES string of the molecule is OC1(CNc2nc(Br)cn3ccnc23)CCOCC1. The second kappa shape index (κ2) is 5.07. The largest absolute Gasteiger partial charge is 0.388 e. The Morgan fingerprint density at radius 1 is 1.47 bits per heavy atom. The second-order valence-electron chi connectivity index (χ2n) is 4.76. The highest BCUT2D eigenvalue weighted by Gasteiger charge is 2.29. The summed E-state index contributed by atoms with van der Waals surface area (Å²) in [4.78, 5) is 8.63. The van der Waals surface area contributed by atoms with Crippen molar-refractivity contribution in [2.75, 3.05) is 25.1 Å². The molecule has 2 aromatic heterocycles. The van der Waals surface area contributed by atoms with Crippen molar-refractivity contribution < 1.29 is 9.84 Å². The molecule has 6 nitrogen and oxygen atoms in total. The highest BCUT2D eigenvalue weighted by Crippen LogP contribution is 2.22. The first-order chi connectivity index (χ1) is 9.16. The predicted octanol–water partition coefficient (Wildman–Crippen LogP) is 1.45. The van der Waals surface area contributed by atoms with E-state index in [2.05, 4.69) is 31.2 Å². The molecule has 0 saturated carbocycles. The van der Waals surface area contributed by atoms with Crippen LogP contribution in [-0.2, 0) is 4.74 Å². The van der Waals surface area contributed by atoms with Gasteiger partial charge in [-0.15, -0.1) is 0 Å². The molecule has 1 aliphatic heterocycles. The number of halogens is 1. The van der Waals surface area contributed by atoms with Gasteiger partial charge in [0.15, 0.2) is 11.5 Å². The summed E-state index contributed by atoms with van der Waals surface area (Å²) in [5.41, 5.74) is 0.0186. The molecule has 0 aliphatic carbocycles. The maximum Gasteiger partial charge on any atom is 0.180 e. The summed E-state index contributed by atoms with van der Waals surface area (Å²) < 4.78 is 7.87. The molecule has 0 amide bonds. The van der Waals surface area contributed by atoms with Crippen LogP contribution in [0, 0.1) is 0 Å². The molecule has 1 aliphatic rings. The lowest BCUT2D eigenvalue weighted by Crippen LogP contribution is -2.42. The zero-order chi connectivity index (χ0) is 13.3. The molecule has 1 saturated heterocycles. The fourth-order valence-electron chi connectivity index (χ4n) is 2.20. The van der Waals surface area contributed by atoms with Gasteiger partial charge in [0.2, 0.25) is 0 Å². The zero-order valence-electron chi connectivity index (χ0n) is 10.3. The number of nitrogens with zero attached hydrogens (tertiary/aromatic N) is 3. The minimum atomic E-state index is -0.730. The lowest BCUT2D eigenvalue weighted by atomic mass is 9.94. The molecule has 1 fully saturated rings. The van der Waals surface area contributed by atoms with E-state index in [-0.39, 0.29) is 0 Å². The number of fused-ring (bicyclic) bond motifs is 1. The van der Waals surface area contributed by atoms with E-state index in [1.54, 1.807) is 6.20 Å². The van der Waals surface area contributed by atoms with Crippen LogP contribution in [0.1, 0.15) is 12.8 Å². The van der Waals surface area contributed by atoms with Gasteiger partial charge in [-0.25, -0.2) is 9.97 Å². The van der Waals surface area contributed by atoms with Crippen molar-refractivity contribution in [3.63, 3.8) is 0 Å². The van der Waals surface area contributed by atoms with Gasteiger partial charge >= 0.3 is 0 Å². The number of anilines is 1. The van der Waals surface area contributed by atoms with Crippen LogP contribution in [0.3, 0.4) is 0 Å². The summed E-state index contributed by atoms with van der Waals surface area (Å²) in [7, 11) is 0. The van der Waals surface area contributed by atoms with E-state index in [1.165, 1.54) is 0 Å². The number of rotatable bonds is 3. The molecule has 102 valence electrons. The number of ether oxygens (including phenoxy) is 1. The van der Waals surface area contributed by atoms with Gasteiger partial charge in [0, 0.05) is 51.2 Å². The fourth-order valence-corrected chi connectivity index (χ4v) is 2.59. The van der Waals surface area contributed by atoms with Gasteiger partial charge in [-0.05, 0) is 15.9 Å². The summed E-state index contributed by atoms with van der Waals surface area (Å²) in [6, 6.07) is 0. The Labute approximate surface area is 118 Å². The van der Waals surface area contributed by atoms with Crippen molar-refractivity contribution in [1.29, 1.82) is 0 Å². The maximum atomic E-state index is 10.4. The number of nitrogens with one attached hydrogen (secondary N) is 1. The van der Waals surface area contributed by atoms with Crippen LogP contribution >= 0.6 is 15.9 Å². The molecule has 0 radical (unpaired) electrons. The van der Waals surface area contributed by atoms with Crippen molar-refractivity contribution in [1.82, 2.24) is 14.4 Å². The Balaban J connectivity index is 1.79. The quantitative estimate of drug-likeness (QED) is 0.893. The van der Waals surface area contributed by atoms with Crippen LogP contribution in [-0.4, -0.2) is 44.8 Å². The minimum absolute atomic E-state index is 0.447. The molecule has 0 aromatic carbocycles. The van der Waals surface area contributed by atoms with E-state index >= 15 is 0 Å². The van der Waals surface area contributed by atoms with Gasteiger partial charge in [-0.3, -0.25) is 0 Å². The topological polar surface area (TPSA) is 71.7 Å². The second-order valence-corrected chi connectivity index (χ2v) is 5.57. The molecule has 0 spiro atoms. The average Bonchev–Trinajstić information content (AvgIpc) is 2.85. The number of imidazole rings is 1. The van der Waals surface area contributed by atoms with Crippen LogP contribution in [0.15, 0.2) is 23.2 Å². The molecule has 7 heteroatoms. The summed E-state index contributed by atoms with van der Waals surface area (Å²) in [6.45, 7) is 1.65. The lowest BCUT2D eigenvalue weighted by molar-refractivity contribution is -0.0543. The van der Waals surface area contributed by atoms with Gasteiger partial charge in [-0.1, -0.05) is 0 Å². The standard InChI is InChI=1S/C12H15BrN4O2/c13-9-7-17-4-3-14-11(17)10(16-9)15-8-12(18)1-5-19-6-2-12/h3-4,7,18H,1-2,5-6,8H2,(H,15,16). The van der Waals surface area contributed by atoms with Crippen LogP contribution in [0.5, 0.6) is 0 Å². The number of aliphatic hydroxyl groups is 1. The smallest absolute Gasteiger partial charge is 0.180 e. The maximum absolute atomic E-state index is 10.4. The third kappa shape index (κ3) is 2.72. The molecular formula is C12H15BrN4O2. The van der Waals surface area contributed by atoms with E-state index in [9.17, 15) is 5.11 Å². The Hall–Kier alpha value is -1.18. The van der Waals surface area contributed by atoms with Crippen molar-refractivity contribution in [2.24, 2.45) is 0 Å². The van der Waals surface area contributed by atoms with Crippen LogP contribution in [0.4, 0.5) is 5.82 Å². The molecule has 0 bridgehead atoms. The molecule has 19 heavy (non-hydrogen) atoms. The molecule has 0 atom stereocenters. The molecule has 3 rings (SSSR count). The highest BCUT2D eigenvalue weighted by molar-refractivity contribution is 9.10. The van der Waals surface area contributed by atoms with Crippen molar-refractivity contribution >= 4 is 27.4 Å². The first-order valence-corrected chi connectivity index (χ1v) is 6.99. The van der Waals surface area contributed by atoms with Gasteiger partial charge in [-0.2, -0.15) is 0 Å². The molecule has 3 heterocycles. The van der Waals surface area contributed by atoms with E-state index in [0.29, 0.717) is 38.4 Å². The average molecular weight is 327 g/mol. The summed E-state index contributed by atoms with van der Waals surface area (Å²) in [5.74, 6) is 0.666. The van der Waals surface area contributed by atoms with Crippen LogP contribution in [0.25, 0.3) is 5.65 Å². The fraction of sp³-hybridized carbons (Fsp3) is 0.500. The monoisotopic (exact) mass is 326 g/mol. The summed E-state index contributed by atoms with van der Waals surface area (Å²) in [6.07, 6.45) is 6.70. The number of hydrogen-bond acceptors (Lipinski definition) is 5. The minimum Gasteiger partial charge on any atom is -0.388 e. The summed E-state index contributed by atoms with van der Waals surface area (Å²) in [5, 5.41) is 13.6. The number of aromatic nitrogens is 3. The third-order valence-electron chi connectivity index (χ3n) is 3.35. The lowest BCUT2D eigenvalue weighted by Gasteiger charge is -2.32. The number of hydrogen-bond donors (Lipinski definition) is 2. The highest BCUT2D eigenvalue weighted by atomic mass is 79.9.